The zero-order valence-corrected chi connectivity index (χ0v) is 8.82. The van der Waals surface area contributed by atoms with Crippen molar-refractivity contribution in [2.45, 2.75) is 32.4 Å². The Kier molecular flexibility index (Phi) is 2.19. The highest BCUT2D eigenvalue weighted by molar-refractivity contribution is 4.61. The maximum atomic E-state index is 13.7. The molecule has 0 fully saturated rings. The van der Waals surface area contributed by atoms with E-state index in [1.54, 1.807) is 20.8 Å². The molecule has 0 saturated carbocycles. The Bertz CT molecular complexity index is 246. The van der Waals surface area contributed by atoms with Crippen LogP contribution in [0.5, 0.6) is 0 Å². The molecular weight excluding hydrogens is 176 g/mol. The van der Waals surface area contributed by atoms with E-state index in [1.807, 2.05) is 0 Å². The first-order valence-corrected chi connectivity index (χ1v) is 4.07. The molecule has 13 heavy (non-hydrogen) atoms. The minimum Gasteiger partial charge on any atom is -0.363 e. The molecule has 0 radical (unpaired) electrons. The largest absolute Gasteiger partial charge is 0.413 e. The predicted octanol–water partition coefficient (Wildman–Crippen LogP) is 2.10. The van der Waals surface area contributed by atoms with Gasteiger partial charge in [0.05, 0.1) is 30.8 Å². The van der Waals surface area contributed by atoms with Crippen molar-refractivity contribution in [1.82, 2.24) is 0 Å². The summed E-state index contributed by atoms with van der Waals surface area (Å²) in [6.07, 6.45) is 0. The van der Waals surface area contributed by atoms with E-state index in [1.165, 1.54) is 0 Å². The third-order valence-corrected chi connectivity index (χ3v) is 1.50. The number of likely N-dealkylation sites (N-methyl/N-ethyl adjacent to an activating group) is 1. The van der Waals surface area contributed by atoms with Crippen LogP contribution in [0.4, 0.5) is 8.78 Å². The molecule has 0 rings (SSSR count). The van der Waals surface area contributed by atoms with Crippen LogP contribution >= 0.6 is 0 Å². The molecule has 0 heterocycles. The Balaban J connectivity index is 4.79. The molecule has 0 aliphatic heterocycles. The zero-order valence-electron chi connectivity index (χ0n) is 11.8. The highest BCUT2D eigenvalue weighted by Gasteiger charge is 2.45. The maximum absolute atomic E-state index is 13.7. The molecule has 0 aliphatic rings. The van der Waals surface area contributed by atoms with Crippen molar-refractivity contribution in [1.29, 1.82) is 0 Å². The van der Waals surface area contributed by atoms with E-state index in [9.17, 15) is 8.78 Å². The van der Waals surface area contributed by atoms with Crippen LogP contribution in [0.2, 0.25) is 0 Å². The molecule has 0 atom stereocenters. The number of hydrogen-bond donors (Lipinski definition) is 0. The van der Waals surface area contributed by atoms with Gasteiger partial charge in [0.25, 0.3) is 0 Å². The maximum Gasteiger partial charge on any atom is 0.413 e. The van der Waals surface area contributed by atoms with E-state index in [0.717, 1.165) is 14.1 Å². The number of nitrogens with zero attached hydrogens (tertiary/aromatic N) is 1. The molecule has 0 saturated heterocycles. The lowest BCUT2D eigenvalue weighted by molar-refractivity contribution is -0.961. The van der Waals surface area contributed by atoms with E-state index in [4.69, 9.17) is 8.85 Å². The van der Waals surface area contributed by atoms with E-state index in [-0.39, 0.29) is 0 Å². The van der Waals surface area contributed by atoms with Gasteiger partial charge < -0.3 is 4.74 Å². The number of halogens is 2. The van der Waals surface area contributed by atoms with E-state index >= 15 is 0 Å². The van der Waals surface area contributed by atoms with E-state index in [0.29, 0.717) is 0 Å². The van der Waals surface area contributed by atoms with Gasteiger partial charge in [0.2, 0.25) is 0 Å². The first-order chi connectivity index (χ1) is 6.71. The second kappa shape index (κ2) is 3.50. The number of quaternary nitrogens is 1. The molecule has 0 spiro atoms. The fourth-order valence-corrected chi connectivity index (χ4v) is 0.465. The molecule has 0 aromatic carbocycles. The van der Waals surface area contributed by atoms with Crippen LogP contribution in [-0.2, 0) is 4.74 Å². The zero-order chi connectivity index (χ0) is 13.4. The molecule has 0 N–H and O–H groups in total. The first kappa shape index (κ1) is 8.12. The summed E-state index contributed by atoms with van der Waals surface area (Å²) in [5.41, 5.74) is -0.724. The Hall–Kier alpha value is -0.220. The highest BCUT2D eigenvalue weighted by Crippen LogP contribution is 2.24. The van der Waals surface area contributed by atoms with Crippen LogP contribution in [0.1, 0.15) is 24.9 Å². The van der Waals surface area contributed by atoms with Crippen molar-refractivity contribution < 1.29 is 22.1 Å². The molecule has 0 unspecified atom stereocenters. The summed E-state index contributed by atoms with van der Waals surface area (Å²) in [7, 11) is 1.94. The van der Waals surface area contributed by atoms with Gasteiger partial charge in [0.1, 0.15) is 0 Å². The molecule has 0 aromatic rings. The summed E-state index contributed by atoms with van der Waals surface area (Å²) in [5.74, 6) is 0. The highest BCUT2D eigenvalue weighted by atomic mass is 19.3. The Morgan fingerprint density at radius 2 is 1.77 bits per heavy atom. The van der Waals surface area contributed by atoms with Gasteiger partial charge in [-0.25, -0.2) is 0 Å². The lowest BCUT2D eigenvalue weighted by atomic mass is 10.2. The van der Waals surface area contributed by atoms with Gasteiger partial charge in [-0.15, -0.1) is 8.78 Å². The molecule has 0 amide bonds. The summed E-state index contributed by atoms with van der Waals surface area (Å²) in [6.45, 7) is 1.21. The molecule has 80 valence electrons. The topological polar surface area (TPSA) is 9.23 Å². The standard InChI is InChI=1S/C9H20F2NO/c1-8(2,3)13-7-9(10,11)12(4,5)6/h7H2,1-6H3/q+1/i4D3. The van der Waals surface area contributed by atoms with Gasteiger partial charge in [0.15, 0.2) is 6.61 Å². The smallest absolute Gasteiger partial charge is 0.363 e. The summed E-state index contributed by atoms with van der Waals surface area (Å²) in [5, 5.41) is 0. The molecule has 4 heteroatoms. The van der Waals surface area contributed by atoms with Crippen molar-refractivity contribution in [3.05, 3.63) is 0 Å². The quantitative estimate of drug-likeness (QED) is 0.499. The van der Waals surface area contributed by atoms with Crippen LogP contribution in [0.15, 0.2) is 0 Å². The fraction of sp³-hybridized carbons (Fsp3) is 1.00. The van der Waals surface area contributed by atoms with Crippen LogP contribution < -0.4 is 0 Å². The average Bonchev–Trinajstić information content (AvgIpc) is 1.97. The van der Waals surface area contributed by atoms with Gasteiger partial charge in [-0.2, -0.15) is 0 Å². The van der Waals surface area contributed by atoms with E-state index < -0.39 is 29.7 Å². The normalized spacial score (nSPS) is 19.2. The lowest BCUT2D eigenvalue weighted by Gasteiger charge is -2.34. The summed E-state index contributed by atoms with van der Waals surface area (Å²) in [4.78, 5) is 0. The third-order valence-electron chi connectivity index (χ3n) is 1.50. The number of alkyl halides is 2. The van der Waals surface area contributed by atoms with Gasteiger partial charge in [-0.3, -0.25) is 4.48 Å². The molecule has 0 aliphatic carbocycles. The Morgan fingerprint density at radius 3 is 2.08 bits per heavy atom. The minimum absolute atomic E-state index is 0.724. The number of hydrogen-bond acceptors (Lipinski definition) is 1. The number of ether oxygens (including phenoxy) is 1. The first-order valence-electron chi connectivity index (χ1n) is 5.57. The van der Waals surface area contributed by atoms with Crippen LogP contribution in [0.3, 0.4) is 0 Å². The molecule has 0 bridgehead atoms. The van der Waals surface area contributed by atoms with Crippen molar-refractivity contribution in [3.63, 3.8) is 0 Å². The summed E-state index contributed by atoms with van der Waals surface area (Å²) < 4.78 is 52.3. The van der Waals surface area contributed by atoms with Gasteiger partial charge in [0, 0.05) is 0 Å². The molecule has 0 aromatic heterocycles. The van der Waals surface area contributed by atoms with E-state index in [2.05, 4.69) is 0 Å². The van der Waals surface area contributed by atoms with Crippen molar-refractivity contribution in [2.24, 2.45) is 0 Å². The van der Waals surface area contributed by atoms with Crippen LogP contribution in [0, 0.1) is 0 Å². The second-order valence-electron chi connectivity index (χ2n) is 4.52. The Morgan fingerprint density at radius 1 is 1.31 bits per heavy atom. The van der Waals surface area contributed by atoms with Gasteiger partial charge >= 0.3 is 6.05 Å². The summed E-state index contributed by atoms with van der Waals surface area (Å²) >= 11 is 0. The van der Waals surface area contributed by atoms with Gasteiger partial charge in [-0.05, 0) is 20.8 Å². The van der Waals surface area contributed by atoms with Gasteiger partial charge in [-0.1, -0.05) is 0 Å². The fourth-order valence-electron chi connectivity index (χ4n) is 0.465. The minimum atomic E-state index is -3.46. The molecular formula is C9H20F2NO+. The second-order valence-corrected chi connectivity index (χ2v) is 4.52. The Labute approximate surface area is 83.3 Å². The van der Waals surface area contributed by atoms with Crippen molar-refractivity contribution >= 4 is 0 Å². The lowest BCUT2D eigenvalue weighted by Crippen LogP contribution is -2.54. The monoisotopic (exact) mass is 199 g/mol. The number of rotatable bonds is 3. The van der Waals surface area contributed by atoms with Crippen LogP contribution in [0.25, 0.3) is 0 Å². The molecule has 2 nitrogen and oxygen atoms in total. The SMILES string of the molecule is [2H]C([2H])([2H])[N+](C)(C)C(F)(F)COC(C)(C)C. The van der Waals surface area contributed by atoms with Crippen LogP contribution in [-0.4, -0.2) is 43.8 Å². The van der Waals surface area contributed by atoms with Crippen molar-refractivity contribution in [3.8, 4) is 0 Å². The summed E-state index contributed by atoms with van der Waals surface area (Å²) in [6, 6.07) is -3.46. The third kappa shape index (κ3) is 4.52. The van der Waals surface area contributed by atoms with Crippen molar-refractivity contribution in [2.75, 3.05) is 27.7 Å². The predicted molar refractivity (Wildman–Crippen MR) is 48.7 cm³/mol. The average molecular weight is 199 g/mol.